The number of unbranched alkanes of at least 4 members (excludes halogenated alkanes) is 5. The summed E-state index contributed by atoms with van der Waals surface area (Å²) in [6.07, 6.45) is 17.3. The molecule has 0 bridgehead atoms. The predicted molar refractivity (Wildman–Crippen MR) is 91.2 cm³/mol. The largest absolute Gasteiger partial charge is 0.314 e. The SMILES string of the molecule is CCCCCCCCC(NCC)C1CCC(CC)CC1. The van der Waals surface area contributed by atoms with Crippen molar-refractivity contribution in [2.75, 3.05) is 6.54 Å². The molecule has 1 atom stereocenters. The molecular weight excluding hydrogens is 242 g/mol. The molecule has 0 saturated heterocycles. The molecule has 20 heavy (non-hydrogen) atoms. The van der Waals surface area contributed by atoms with Gasteiger partial charge in [0, 0.05) is 6.04 Å². The molecule has 1 rings (SSSR count). The van der Waals surface area contributed by atoms with Gasteiger partial charge in [0.05, 0.1) is 0 Å². The fourth-order valence-electron chi connectivity index (χ4n) is 3.91. The van der Waals surface area contributed by atoms with Crippen LogP contribution in [-0.2, 0) is 0 Å². The van der Waals surface area contributed by atoms with E-state index < -0.39 is 0 Å². The highest BCUT2D eigenvalue weighted by atomic mass is 14.9. The Kier molecular flexibility index (Phi) is 10.4. The molecule has 0 aromatic carbocycles. The Balaban J connectivity index is 2.19. The lowest BCUT2D eigenvalue weighted by Crippen LogP contribution is -2.38. The summed E-state index contributed by atoms with van der Waals surface area (Å²) in [5.41, 5.74) is 0. The molecule has 1 aliphatic rings. The van der Waals surface area contributed by atoms with Gasteiger partial charge in [-0.15, -0.1) is 0 Å². The molecule has 1 nitrogen and oxygen atoms in total. The number of nitrogens with one attached hydrogen (secondary N) is 1. The van der Waals surface area contributed by atoms with E-state index >= 15 is 0 Å². The smallest absolute Gasteiger partial charge is 0.00952 e. The van der Waals surface area contributed by atoms with E-state index in [4.69, 9.17) is 0 Å². The average molecular weight is 282 g/mol. The normalized spacial score (nSPS) is 24.8. The van der Waals surface area contributed by atoms with Gasteiger partial charge in [-0.25, -0.2) is 0 Å². The van der Waals surface area contributed by atoms with Crippen molar-refractivity contribution in [3.63, 3.8) is 0 Å². The summed E-state index contributed by atoms with van der Waals surface area (Å²) < 4.78 is 0. The van der Waals surface area contributed by atoms with Gasteiger partial charge in [0.1, 0.15) is 0 Å². The van der Waals surface area contributed by atoms with Crippen LogP contribution in [0.4, 0.5) is 0 Å². The van der Waals surface area contributed by atoms with Gasteiger partial charge in [0.15, 0.2) is 0 Å². The summed E-state index contributed by atoms with van der Waals surface area (Å²) in [5, 5.41) is 3.79. The van der Waals surface area contributed by atoms with E-state index in [1.807, 2.05) is 0 Å². The molecule has 1 fully saturated rings. The molecule has 1 heteroatoms. The second-order valence-corrected chi connectivity index (χ2v) is 6.91. The van der Waals surface area contributed by atoms with Crippen molar-refractivity contribution in [1.82, 2.24) is 5.32 Å². The van der Waals surface area contributed by atoms with E-state index in [0.717, 1.165) is 24.4 Å². The lowest BCUT2D eigenvalue weighted by atomic mass is 9.76. The third-order valence-electron chi connectivity index (χ3n) is 5.37. The lowest BCUT2D eigenvalue weighted by molar-refractivity contribution is 0.210. The molecule has 1 aliphatic carbocycles. The van der Waals surface area contributed by atoms with Crippen LogP contribution in [0.2, 0.25) is 0 Å². The Bertz CT molecular complexity index is 206. The molecule has 0 aliphatic heterocycles. The van der Waals surface area contributed by atoms with E-state index in [1.165, 1.54) is 77.0 Å². The van der Waals surface area contributed by atoms with Gasteiger partial charge in [-0.1, -0.05) is 78.6 Å². The third-order valence-corrected chi connectivity index (χ3v) is 5.37. The fraction of sp³-hybridized carbons (Fsp3) is 1.00. The third kappa shape index (κ3) is 7.11. The van der Waals surface area contributed by atoms with Crippen molar-refractivity contribution in [3.8, 4) is 0 Å². The Labute approximate surface area is 128 Å². The van der Waals surface area contributed by atoms with Crippen LogP contribution >= 0.6 is 0 Å². The summed E-state index contributed by atoms with van der Waals surface area (Å²) >= 11 is 0. The van der Waals surface area contributed by atoms with E-state index in [0.29, 0.717) is 0 Å². The van der Waals surface area contributed by atoms with Crippen molar-refractivity contribution in [3.05, 3.63) is 0 Å². The first-order chi connectivity index (χ1) is 9.81. The summed E-state index contributed by atoms with van der Waals surface area (Å²) in [6.45, 7) is 8.08. The fourth-order valence-corrected chi connectivity index (χ4v) is 3.91. The number of hydrogen-bond acceptors (Lipinski definition) is 1. The molecule has 1 saturated carbocycles. The number of hydrogen-bond donors (Lipinski definition) is 1. The zero-order chi connectivity index (χ0) is 14.6. The first-order valence-electron chi connectivity index (χ1n) is 9.55. The van der Waals surface area contributed by atoms with Gasteiger partial charge >= 0.3 is 0 Å². The highest BCUT2D eigenvalue weighted by molar-refractivity contribution is 4.81. The molecule has 0 heterocycles. The summed E-state index contributed by atoms with van der Waals surface area (Å²) in [7, 11) is 0. The van der Waals surface area contributed by atoms with Gasteiger partial charge in [-0.05, 0) is 37.6 Å². The van der Waals surface area contributed by atoms with Crippen LogP contribution in [0.3, 0.4) is 0 Å². The average Bonchev–Trinajstić information content (AvgIpc) is 2.50. The quantitative estimate of drug-likeness (QED) is 0.463. The Hall–Kier alpha value is -0.0400. The maximum absolute atomic E-state index is 3.79. The van der Waals surface area contributed by atoms with Gasteiger partial charge in [0.2, 0.25) is 0 Å². The molecule has 0 aromatic heterocycles. The minimum absolute atomic E-state index is 0.809. The second-order valence-electron chi connectivity index (χ2n) is 6.91. The monoisotopic (exact) mass is 281 g/mol. The standard InChI is InChI=1S/C19H39N/c1-4-7-8-9-10-11-12-19(20-6-3)18-15-13-17(5-2)14-16-18/h17-20H,4-16H2,1-3H3. The summed E-state index contributed by atoms with van der Waals surface area (Å²) in [5.74, 6) is 2.00. The van der Waals surface area contributed by atoms with Gasteiger partial charge < -0.3 is 5.32 Å². The first-order valence-corrected chi connectivity index (χ1v) is 9.55. The van der Waals surface area contributed by atoms with Crippen molar-refractivity contribution in [1.29, 1.82) is 0 Å². The summed E-state index contributed by atoms with van der Waals surface area (Å²) in [4.78, 5) is 0. The zero-order valence-corrected chi connectivity index (χ0v) is 14.4. The zero-order valence-electron chi connectivity index (χ0n) is 14.4. The van der Waals surface area contributed by atoms with Gasteiger partial charge in [-0.3, -0.25) is 0 Å². The van der Waals surface area contributed by atoms with Crippen LogP contribution in [0.1, 0.15) is 97.8 Å². The first kappa shape index (κ1) is 18.0. The van der Waals surface area contributed by atoms with Crippen molar-refractivity contribution >= 4 is 0 Å². The van der Waals surface area contributed by atoms with Crippen LogP contribution in [0.15, 0.2) is 0 Å². The summed E-state index contributed by atoms with van der Waals surface area (Å²) in [6, 6.07) is 0.809. The van der Waals surface area contributed by atoms with Crippen molar-refractivity contribution in [2.24, 2.45) is 11.8 Å². The minimum atomic E-state index is 0.809. The van der Waals surface area contributed by atoms with E-state index in [2.05, 4.69) is 26.1 Å². The Morgan fingerprint density at radius 1 is 0.850 bits per heavy atom. The Morgan fingerprint density at radius 3 is 2.10 bits per heavy atom. The lowest BCUT2D eigenvalue weighted by Gasteiger charge is -2.34. The van der Waals surface area contributed by atoms with E-state index in [1.54, 1.807) is 0 Å². The van der Waals surface area contributed by atoms with E-state index in [9.17, 15) is 0 Å². The number of rotatable bonds is 11. The maximum atomic E-state index is 3.79. The van der Waals surface area contributed by atoms with Crippen molar-refractivity contribution < 1.29 is 0 Å². The van der Waals surface area contributed by atoms with Crippen LogP contribution in [0, 0.1) is 11.8 Å². The van der Waals surface area contributed by atoms with Gasteiger partial charge in [0.25, 0.3) is 0 Å². The van der Waals surface area contributed by atoms with Crippen LogP contribution < -0.4 is 5.32 Å². The molecule has 1 unspecified atom stereocenters. The van der Waals surface area contributed by atoms with Crippen LogP contribution in [0.5, 0.6) is 0 Å². The van der Waals surface area contributed by atoms with Crippen molar-refractivity contribution in [2.45, 2.75) is 104 Å². The molecule has 1 N–H and O–H groups in total. The second kappa shape index (κ2) is 11.6. The van der Waals surface area contributed by atoms with E-state index in [-0.39, 0.29) is 0 Å². The van der Waals surface area contributed by atoms with Crippen LogP contribution in [0.25, 0.3) is 0 Å². The topological polar surface area (TPSA) is 12.0 Å². The van der Waals surface area contributed by atoms with Gasteiger partial charge in [-0.2, -0.15) is 0 Å². The molecule has 0 spiro atoms. The molecule has 0 amide bonds. The molecule has 0 aromatic rings. The Morgan fingerprint density at radius 2 is 1.50 bits per heavy atom. The highest BCUT2D eigenvalue weighted by Crippen LogP contribution is 2.33. The molecular formula is C19H39N. The highest BCUT2D eigenvalue weighted by Gasteiger charge is 2.25. The van der Waals surface area contributed by atoms with Crippen LogP contribution in [-0.4, -0.2) is 12.6 Å². The minimum Gasteiger partial charge on any atom is -0.314 e. The molecule has 120 valence electrons. The molecule has 0 radical (unpaired) electrons. The maximum Gasteiger partial charge on any atom is 0.00952 e. The predicted octanol–water partition coefficient (Wildman–Crippen LogP) is 5.93.